The lowest BCUT2D eigenvalue weighted by atomic mass is 10.2. The summed E-state index contributed by atoms with van der Waals surface area (Å²) in [5.74, 6) is -1.53. The van der Waals surface area contributed by atoms with Gasteiger partial charge >= 0.3 is 5.97 Å². The van der Waals surface area contributed by atoms with Crippen molar-refractivity contribution in [3.05, 3.63) is 29.0 Å². The number of halogens is 1. The molecule has 2 N–H and O–H groups in total. The summed E-state index contributed by atoms with van der Waals surface area (Å²) in [4.78, 5) is 10.6. The summed E-state index contributed by atoms with van der Waals surface area (Å²) >= 11 is 5.74. The first-order valence-corrected chi connectivity index (χ1v) is 4.11. The Morgan fingerprint density at radius 2 is 2.14 bits per heavy atom. The Labute approximate surface area is 83.3 Å². The van der Waals surface area contributed by atoms with Crippen LogP contribution in [0.4, 0.5) is 0 Å². The average Bonchev–Trinajstić information content (AvgIpc) is 2.44. The lowest BCUT2D eigenvalue weighted by molar-refractivity contribution is 0.0665. The maximum atomic E-state index is 10.6. The molecule has 0 aliphatic rings. The molecule has 0 aliphatic heterocycles. The number of aromatic hydroxyl groups is 1. The summed E-state index contributed by atoms with van der Waals surface area (Å²) in [6.07, 6.45) is 0. The molecule has 2 aromatic rings. The maximum Gasteiger partial charge on any atom is 0.373 e. The Bertz CT molecular complexity index is 515. The van der Waals surface area contributed by atoms with Gasteiger partial charge in [-0.3, -0.25) is 0 Å². The van der Waals surface area contributed by atoms with Crippen molar-refractivity contribution in [3.8, 4) is 5.75 Å². The lowest BCUT2D eigenvalue weighted by Gasteiger charge is -1.89. The molecule has 0 unspecified atom stereocenters. The first kappa shape index (κ1) is 8.90. The first-order chi connectivity index (χ1) is 6.59. The van der Waals surface area contributed by atoms with E-state index >= 15 is 0 Å². The van der Waals surface area contributed by atoms with E-state index in [2.05, 4.69) is 0 Å². The van der Waals surface area contributed by atoms with Gasteiger partial charge in [0.15, 0.2) is 0 Å². The largest absolute Gasteiger partial charge is 0.508 e. The number of phenolic OH excluding ortho intramolecular Hbond substituents is 1. The molecule has 0 amide bonds. The average molecular weight is 213 g/mol. The zero-order valence-corrected chi connectivity index (χ0v) is 7.58. The second kappa shape index (κ2) is 2.92. The number of phenols is 1. The molecule has 0 bridgehead atoms. The summed E-state index contributed by atoms with van der Waals surface area (Å²) in [5, 5.41) is 18.2. The quantitative estimate of drug-likeness (QED) is 0.762. The summed E-state index contributed by atoms with van der Waals surface area (Å²) in [6.45, 7) is 0. The van der Waals surface area contributed by atoms with Crippen molar-refractivity contribution in [1.82, 2.24) is 0 Å². The summed E-state index contributed by atoms with van der Waals surface area (Å²) in [6, 6.07) is 4.21. The van der Waals surface area contributed by atoms with Crippen molar-refractivity contribution in [2.24, 2.45) is 0 Å². The minimum atomic E-state index is -1.23. The third-order valence-electron chi connectivity index (χ3n) is 1.81. The number of furan rings is 1. The van der Waals surface area contributed by atoms with Crippen LogP contribution >= 0.6 is 11.6 Å². The van der Waals surface area contributed by atoms with Crippen LogP contribution in [0.3, 0.4) is 0 Å². The molecule has 0 spiro atoms. The smallest absolute Gasteiger partial charge is 0.373 e. The standard InChI is InChI=1S/C9H5ClO4/c10-7-5-3-4(11)1-2-6(5)14-8(7)9(12)13/h1-3,11H,(H,12,13). The Kier molecular flexibility index (Phi) is 1.86. The van der Waals surface area contributed by atoms with Gasteiger partial charge in [-0.05, 0) is 18.2 Å². The summed E-state index contributed by atoms with van der Waals surface area (Å²) in [7, 11) is 0. The maximum absolute atomic E-state index is 10.6. The molecule has 14 heavy (non-hydrogen) atoms. The molecule has 0 saturated heterocycles. The van der Waals surface area contributed by atoms with Crippen molar-refractivity contribution < 1.29 is 19.4 Å². The van der Waals surface area contributed by atoms with E-state index < -0.39 is 5.97 Å². The van der Waals surface area contributed by atoms with Gasteiger partial charge in [0.2, 0.25) is 5.76 Å². The second-order valence-corrected chi connectivity index (χ2v) is 3.11. The van der Waals surface area contributed by atoms with Crippen molar-refractivity contribution in [1.29, 1.82) is 0 Å². The molecule has 0 saturated carbocycles. The molecular weight excluding hydrogens is 208 g/mol. The highest BCUT2D eigenvalue weighted by Crippen LogP contribution is 2.32. The number of aromatic carboxylic acids is 1. The van der Waals surface area contributed by atoms with Crippen LogP contribution in [0.1, 0.15) is 10.6 Å². The fraction of sp³-hybridized carbons (Fsp3) is 0. The highest BCUT2D eigenvalue weighted by Gasteiger charge is 2.18. The Morgan fingerprint density at radius 3 is 2.79 bits per heavy atom. The van der Waals surface area contributed by atoms with E-state index in [0.717, 1.165) is 0 Å². The Hall–Kier alpha value is -1.68. The van der Waals surface area contributed by atoms with E-state index in [1.165, 1.54) is 18.2 Å². The summed E-state index contributed by atoms with van der Waals surface area (Å²) in [5.41, 5.74) is 0.338. The fourth-order valence-corrected chi connectivity index (χ4v) is 1.46. The fourth-order valence-electron chi connectivity index (χ4n) is 1.19. The molecule has 0 fully saturated rings. The minimum absolute atomic E-state index is 0.00315. The van der Waals surface area contributed by atoms with Crippen LogP contribution in [0.2, 0.25) is 5.02 Å². The lowest BCUT2D eigenvalue weighted by Crippen LogP contribution is -1.93. The van der Waals surface area contributed by atoms with Crippen molar-refractivity contribution in [2.75, 3.05) is 0 Å². The molecule has 72 valence electrons. The van der Waals surface area contributed by atoms with Gasteiger partial charge in [0.05, 0.1) is 0 Å². The van der Waals surface area contributed by atoms with Crippen LogP contribution in [-0.4, -0.2) is 16.2 Å². The van der Waals surface area contributed by atoms with Crippen LogP contribution in [0.15, 0.2) is 22.6 Å². The molecule has 4 nitrogen and oxygen atoms in total. The van der Waals surface area contributed by atoms with E-state index in [4.69, 9.17) is 26.2 Å². The van der Waals surface area contributed by atoms with Gasteiger partial charge < -0.3 is 14.6 Å². The number of carboxylic acids is 1. The zero-order chi connectivity index (χ0) is 10.3. The molecule has 0 radical (unpaired) electrons. The normalized spacial score (nSPS) is 10.6. The molecule has 0 aliphatic carbocycles. The molecule has 1 aromatic heterocycles. The van der Waals surface area contributed by atoms with E-state index in [-0.39, 0.29) is 16.5 Å². The van der Waals surface area contributed by atoms with Crippen LogP contribution in [0.5, 0.6) is 5.75 Å². The van der Waals surface area contributed by atoms with Gasteiger partial charge in [-0.15, -0.1) is 0 Å². The minimum Gasteiger partial charge on any atom is -0.508 e. The number of carboxylic acid groups (broad SMARTS) is 1. The predicted octanol–water partition coefficient (Wildman–Crippen LogP) is 2.49. The van der Waals surface area contributed by atoms with Gasteiger partial charge in [-0.2, -0.15) is 0 Å². The number of carbonyl (C=O) groups is 1. The Morgan fingerprint density at radius 1 is 1.43 bits per heavy atom. The Balaban J connectivity index is 2.80. The van der Waals surface area contributed by atoms with Crippen LogP contribution < -0.4 is 0 Å². The van der Waals surface area contributed by atoms with Gasteiger partial charge in [0.1, 0.15) is 16.4 Å². The van der Waals surface area contributed by atoms with Crippen molar-refractivity contribution >= 4 is 28.5 Å². The number of hydrogen-bond donors (Lipinski definition) is 2. The highest BCUT2D eigenvalue weighted by atomic mass is 35.5. The summed E-state index contributed by atoms with van der Waals surface area (Å²) < 4.78 is 4.97. The van der Waals surface area contributed by atoms with Crippen molar-refractivity contribution in [3.63, 3.8) is 0 Å². The number of hydrogen-bond acceptors (Lipinski definition) is 3. The van der Waals surface area contributed by atoms with Gasteiger partial charge in [0, 0.05) is 5.39 Å². The molecule has 1 aromatic carbocycles. The first-order valence-electron chi connectivity index (χ1n) is 3.74. The number of rotatable bonds is 1. The second-order valence-electron chi connectivity index (χ2n) is 2.73. The third-order valence-corrected chi connectivity index (χ3v) is 2.18. The van der Waals surface area contributed by atoms with E-state index in [1.54, 1.807) is 0 Å². The number of benzene rings is 1. The van der Waals surface area contributed by atoms with E-state index in [1.807, 2.05) is 0 Å². The highest BCUT2D eigenvalue weighted by molar-refractivity contribution is 6.38. The van der Waals surface area contributed by atoms with Gasteiger partial charge in [-0.1, -0.05) is 11.6 Å². The molecule has 2 rings (SSSR count). The molecular formula is C9H5ClO4. The van der Waals surface area contributed by atoms with E-state index in [9.17, 15) is 4.79 Å². The van der Waals surface area contributed by atoms with Crippen LogP contribution in [0, 0.1) is 0 Å². The third kappa shape index (κ3) is 1.20. The molecule has 5 heteroatoms. The monoisotopic (exact) mass is 212 g/mol. The van der Waals surface area contributed by atoms with Crippen molar-refractivity contribution in [2.45, 2.75) is 0 Å². The molecule has 0 atom stereocenters. The van der Waals surface area contributed by atoms with Gasteiger partial charge in [0.25, 0.3) is 0 Å². The predicted molar refractivity (Wildman–Crippen MR) is 49.8 cm³/mol. The zero-order valence-electron chi connectivity index (χ0n) is 6.82. The topological polar surface area (TPSA) is 70.7 Å². The number of fused-ring (bicyclic) bond motifs is 1. The van der Waals surface area contributed by atoms with Gasteiger partial charge in [-0.25, -0.2) is 4.79 Å². The van der Waals surface area contributed by atoms with E-state index in [0.29, 0.717) is 11.0 Å². The van der Waals surface area contributed by atoms with Crippen LogP contribution in [-0.2, 0) is 0 Å². The SMILES string of the molecule is O=C(O)c1oc2ccc(O)cc2c1Cl. The molecule has 1 heterocycles. The van der Waals surface area contributed by atoms with Crippen LogP contribution in [0.25, 0.3) is 11.0 Å².